The van der Waals surface area contributed by atoms with E-state index in [1.165, 1.54) is 19.3 Å². The van der Waals surface area contributed by atoms with Crippen LogP contribution in [-0.2, 0) is 18.4 Å². The molecule has 1 aliphatic rings. The standard InChI is InChI=1S/C26H48O4Si2/c1-8-9-12-15-23(29-31(2,3)4)20-18-22-19-21-25(27)24(22)16-13-10-11-14-17-26(28)30-32(5,6)7/h18-24H,8-17H2,1-7H3. The van der Waals surface area contributed by atoms with Gasteiger partial charge in [0.25, 0.3) is 5.97 Å². The van der Waals surface area contributed by atoms with Gasteiger partial charge in [0.1, 0.15) is 0 Å². The molecule has 184 valence electrons. The van der Waals surface area contributed by atoms with E-state index in [1.807, 2.05) is 19.6 Å². The second kappa shape index (κ2) is 14.3. The molecule has 0 aromatic rings. The van der Waals surface area contributed by atoms with E-state index in [2.05, 4.69) is 44.8 Å². The van der Waals surface area contributed by atoms with Gasteiger partial charge in [-0.15, -0.1) is 0 Å². The van der Waals surface area contributed by atoms with Crippen molar-refractivity contribution in [3.8, 4) is 0 Å². The summed E-state index contributed by atoms with van der Waals surface area (Å²) in [5, 5.41) is 0. The lowest BCUT2D eigenvalue weighted by Gasteiger charge is -2.25. The molecule has 0 bridgehead atoms. The molecule has 6 heteroatoms. The molecule has 0 fully saturated rings. The fourth-order valence-electron chi connectivity index (χ4n) is 4.06. The molecule has 0 heterocycles. The van der Waals surface area contributed by atoms with Crippen LogP contribution in [0.4, 0.5) is 0 Å². The predicted octanol–water partition coefficient (Wildman–Crippen LogP) is 7.43. The van der Waals surface area contributed by atoms with Crippen LogP contribution in [0.25, 0.3) is 0 Å². The zero-order valence-electron chi connectivity index (χ0n) is 21.7. The first-order valence-electron chi connectivity index (χ1n) is 12.7. The van der Waals surface area contributed by atoms with E-state index in [0.29, 0.717) is 6.42 Å². The number of carbonyl (C=O) groups excluding carboxylic acids is 2. The Balaban J connectivity index is 2.45. The monoisotopic (exact) mass is 480 g/mol. The zero-order chi connectivity index (χ0) is 24.2. The average Bonchev–Trinajstić information content (AvgIpc) is 3.00. The van der Waals surface area contributed by atoms with Crippen molar-refractivity contribution >= 4 is 28.4 Å². The molecule has 0 N–H and O–H groups in total. The summed E-state index contributed by atoms with van der Waals surface area (Å²) in [6, 6.07) is 0. The summed E-state index contributed by atoms with van der Waals surface area (Å²) >= 11 is 0. The summed E-state index contributed by atoms with van der Waals surface area (Å²) in [7, 11) is -3.39. The van der Waals surface area contributed by atoms with Crippen LogP contribution in [0.15, 0.2) is 24.3 Å². The topological polar surface area (TPSA) is 52.6 Å². The number of unbranched alkanes of at least 4 members (excludes halogenated alkanes) is 5. The Hall–Kier alpha value is -0.986. The van der Waals surface area contributed by atoms with Crippen molar-refractivity contribution in [1.82, 2.24) is 0 Å². The van der Waals surface area contributed by atoms with Crippen LogP contribution in [0.3, 0.4) is 0 Å². The maximum Gasteiger partial charge on any atom is 0.292 e. The van der Waals surface area contributed by atoms with E-state index >= 15 is 0 Å². The van der Waals surface area contributed by atoms with Crippen LogP contribution >= 0.6 is 0 Å². The number of hydrogen-bond acceptors (Lipinski definition) is 4. The van der Waals surface area contributed by atoms with Crippen LogP contribution in [0, 0.1) is 11.8 Å². The van der Waals surface area contributed by atoms with E-state index < -0.39 is 16.6 Å². The Bertz CT molecular complexity index is 629. The van der Waals surface area contributed by atoms with Crippen LogP contribution in [0.5, 0.6) is 0 Å². The third-order valence-electron chi connectivity index (χ3n) is 5.52. The van der Waals surface area contributed by atoms with Crippen molar-refractivity contribution in [3.05, 3.63) is 24.3 Å². The number of rotatable bonds is 16. The highest BCUT2D eigenvalue weighted by Crippen LogP contribution is 2.29. The van der Waals surface area contributed by atoms with Crippen LogP contribution in [0.1, 0.15) is 71.1 Å². The van der Waals surface area contributed by atoms with Crippen molar-refractivity contribution in [3.63, 3.8) is 0 Å². The fourth-order valence-corrected chi connectivity index (χ4v) is 5.95. The van der Waals surface area contributed by atoms with Crippen molar-refractivity contribution in [1.29, 1.82) is 0 Å². The molecule has 0 aromatic heterocycles. The van der Waals surface area contributed by atoms with Crippen molar-refractivity contribution in [2.24, 2.45) is 11.8 Å². The number of carbonyl (C=O) groups is 2. The summed E-state index contributed by atoms with van der Waals surface area (Å²) in [6.45, 7) is 15.0. The minimum absolute atomic E-state index is 0.0569. The van der Waals surface area contributed by atoms with E-state index in [1.54, 1.807) is 6.08 Å². The Labute approximate surface area is 199 Å². The van der Waals surface area contributed by atoms with Crippen LogP contribution in [-0.4, -0.2) is 34.5 Å². The summed E-state index contributed by atoms with van der Waals surface area (Å²) in [5.74, 6) is 0.449. The lowest BCUT2D eigenvalue weighted by Crippen LogP contribution is -2.31. The molecule has 32 heavy (non-hydrogen) atoms. The maximum atomic E-state index is 12.4. The van der Waals surface area contributed by atoms with E-state index in [9.17, 15) is 9.59 Å². The highest BCUT2D eigenvalue weighted by atomic mass is 28.4. The van der Waals surface area contributed by atoms with Crippen LogP contribution < -0.4 is 0 Å². The second-order valence-electron chi connectivity index (χ2n) is 11.1. The van der Waals surface area contributed by atoms with Crippen LogP contribution in [0.2, 0.25) is 39.3 Å². The molecular formula is C26H48O4Si2. The van der Waals surface area contributed by atoms with E-state index in [0.717, 1.165) is 38.5 Å². The first-order valence-corrected chi connectivity index (χ1v) is 19.5. The quantitative estimate of drug-likeness (QED) is 0.131. The predicted molar refractivity (Wildman–Crippen MR) is 140 cm³/mol. The van der Waals surface area contributed by atoms with Crippen molar-refractivity contribution in [2.45, 2.75) is 117 Å². The van der Waals surface area contributed by atoms with Gasteiger partial charge >= 0.3 is 0 Å². The second-order valence-corrected chi connectivity index (χ2v) is 20.0. The zero-order valence-corrected chi connectivity index (χ0v) is 23.7. The molecule has 0 saturated heterocycles. The van der Waals surface area contributed by atoms with E-state index in [4.69, 9.17) is 8.85 Å². The van der Waals surface area contributed by atoms with Gasteiger partial charge in [-0.1, -0.05) is 63.7 Å². The molecule has 1 aliphatic carbocycles. The maximum absolute atomic E-state index is 12.4. The molecule has 0 aliphatic heterocycles. The van der Waals surface area contributed by atoms with Gasteiger partial charge < -0.3 is 8.85 Å². The first kappa shape index (κ1) is 29.0. The molecule has 0 amide bonds. The normalized spacial score (nSPS) is 20.3. The summed E-state index contributed by atoms with van der Waals surface area (Å²) in [6.07, 6.45) is 18.5. The fraction of sp³-hybridized carbons (Fsp3) is 0.769. The van der Waals surface area contributed by atoms with E-state index in [-0.39, 0.29) is 29.7 Å². The van der Waals surface area contributed by atoms with Gasteiger partial charge in [-0.2, -0.15) is 0 Å². The van der Waals surface area contributed by atoms with Gasteiger partial charge in [0.2, 0.25) is 8.32 Å². The molecule has 0 radical (unpaired) electrons. The van der Waals surface area contributed by atoms with Gasteiger partial charge in [0, 0.05) is 18.3 Å². The van der Waals surface area contributed by atoms with Gasteiger partial charge in [-0.25, -0.2) is 0 Å². The first-order chi connectivity index (χ1) is 14.9. The Morgan fingerprint density at radius 3 is 2.31 bits per heavy atom. The van der Waals surface area contributed by atoms with Gasteiger partial charge in [0.15, 0.2) is 14.1 Å². The third kappa shape index (κ3) is 13.5. The summed E-state index contributed by atoms with van der Waals surface area (Å²) in [4.78, 5) is 24.2. The smallest absolute Gasteiger partial charge is 0.292 e. The summed E-state index contributed by atoms with van der Waals surface area (Å²) < 4.78 is 11.9. The van der Waals surface area contributed by atoms with Gasteiger partial charge in [-0.3, -0.25) is 9.59 Å². The molecule has 3 unspecified atom stereocenters. The largest absolute Gasteiger partial charge is 0.520 e. The highest BCUT2D eigenvalue weighted by Gasteiger charge is 2.28. The number of allylic oxidation sites excluding steroid dienone is 3. The lowest BCUT2D eigenvalue weighted by atomic mass is 9.88. The lowest BCUT2D eigenvalue weighted by molar-refractivity contribution is -0.135. The molecule has 0 spiro atoms. The molecule has 0 aromatic carbocycles. The molecule has 3 atom stereocenters. The minimum atomic E-state index is -1.78. The van der Waals surface area contributed by atoms with Gasteiger partial charge in [0.05, 0.1) is 6.10 Å². The number of hydrogen-bond donors (Lipinski definition) is 0. The highest BCUT2D eigenvalue weighted by molar-refractivity contribution is 6.71. The Kier molecular flexibility index (Phi) is 13.0. The SMILES string of the molecule is CCCCCC(C=CC1C=CC(=O)C1CCCCCCC(=O)O[Si](C)(C)C)O[Si](C)(C)C. The van der Waals surface area contributed by atoms with Crippen molar-refractivity contribution < 1.29 is 18.4 Å². The number of ketones is 1. The minimum Gasteiger partial charge on any atom is -0.520 e. The Morgan fingerprint density at radius 1 is 1.00 bits per heavy atom. The summed E-state index contributed by atoms with van der Waals surface area (Å²) in [5.41, 5.74) is 0. The van der Waals surface area contributed by atoms with Gasteiger partial charge in [-0.05, 0) is 64.6 Å². The molecule has 4 nitrogen and oxygen atoms in total. The molecular weight excluding hydrogens is 432 g/mol. The third-order valence-corrected chi connectivity index (χ3v) is 7.37. The molecule has 0 saturated carbocycles. The Morgan fingerprint density at radius 2 is 1.69 bits per heavy atom. The van der Waals surface area contributed by atoms with Crippen molar-refractivity contribution in [2.75, 3.05) is 0 Å². The molecule has 1 rings (SSSR count). The average molecular weight is 481 g/mol.